The number of halogens is 2. The second-order valence-electron chi connectivity index (χ2n) is 3.80. The van der Waals surface area contributed by atoms with Crippen LogP contribution in [0, 0.1) is 0 Å². The molecule has 0 aromatic carbocycles. The Morgan fingerprint density at radius 2 is 2.24 bits per heavy atom. The van der Waals surface area contributed by atoms with Crippen molar-refractivity contribution in [3.63, 3.8) is 0 Å². The topological polar surface area (TPSA) is 12.9 Å². The van der Waals surface area contributed by atoms with Crippen molar-refractivity contribution in [2.75, 3.05) is 0 Å². The number of nitrogens with zero attached hydrogens (tertiary/aromatic N) is 1. The highest BCUT2D eigenvalue weighted by molar-refractivity contribution is 9.09. The molecular weight excluding hydrogens is 318 g/mol. The molecule has 0 amide bonds. The summed E-state index contributed by atoms with van der Waals surface area (Å²) in [5.41, 5.74) is 2.56. The Bertz CT molecular complexity index is 498. The molecule has 0 bridgehead atoms. The minimum atomic E-state index is 0.331. The highest BCUT2D eigenvalue weighted by Crippen LogP contribution is 2.35. The largest absolute Gasteiger partial charge is 0.263 e. The molecule has 1 atom stereocenters. The summed E-state index contributed by atoms with van der Waals surface area (Å²) in [6.07, 6.45) is 5.46. The van der Waals surface area contributed by atoms with E-state index in [2.05, 4.69) is 39.3 Å². The van der Waals surface area contributed by atoms with Gasteiger partial charge < -0.3 is 0 Å². The molecule has 0 saturated heterocycles. The van der Waals surface area contributed by atoms with Gasteiger partial charge in [0, 0.05) is 17.3 Å². The molecule has 2 rings (SSSR count). The van der Waals surface area contributed by atoms with Crippen LogP contribution < -0.4 is 0 Å². The Kier molecular flexibility index (Phi) is 4.60. The molecular formula is C13H13BrClNS. The first kappa shape index (κ1) is 13.1. The zero-order valence-corrected chi connectivity index (χ0v) is 12.6. The predicted octanol–water partition coefficient (Wildman–Crippen LogP) is 5.04. The fourth-order valence-electron chi connectivity index (χ4n) is 1.77. The van der Waals surface area contributed by atoms with E-state index in [-0.39, 0.29) is 0 Å². The van der Waals surface area contributed by atoms with Crippen molar-refractivity contribution in [2.45, 2.75) is 24.6 Å². The molecule has 0 saturated carbocycles. The average Bonchev–Trinajstić information content (AvgIpc) is 2.80. The highest BCUT2D eigenvalue weighted by atomic mass is 79.9. The fraction of sp³-hybridized carbons (Fsp3) is 0.308. The van der Waals surface area contributed by atoms with Crippen LogP contribution in [0.15, 0.2) is 29.9 Å². The van der Waals surface area contributed by atoms with E-state index >= 15 is 0 Å². The van der Waals surface area contributed by atoms with E-state index in [1.165, 1.54) is 10.4 Å². The van der Waals surface area contributed by atoms with E-state index < -0.39 is 0 Å². The van der Waals surface area contributed by atoms with Crippen molar-refractivity contribution in [1.82, 2.24) is 4.98 Å². The molecule has 0 spiro atoms. The van der Waals surface area contributed by atoms with Gasteiger partial charge in [0.25, 0.3) is 0 Å². The van der Waals surface area contributed by atoms with Crippen molar-refractivity contribution >= 4 is 38.9 Å². The molecule has 1 unspecified atom stereocenters. The van der Waals surface area contributed by atoms with Gasteiger partial charge in [-0.05, 0) is 41.5 Å². The van der Waals surface area contributed by atoms with Crippen LogP contribution in [0.3, 0.4) is 0 Å². The number of aromatic nitrogens is 1. The Balaban J connectivity index is 2.17. The molecule has 1 nitrogen and oxygen atoms in total. The molecule has 4 heteroatoms. The number of rotatable bonds is 4. The van der Waals surface area contributed by atoms with Gasteiger partial charge in [0.2, 0.25) is 0 Å². The van der Waals surface area contributed by atoms with Gasteiger partial charge in [0.1, 0.15) is 0 Å². The maximum atomic E-state index is 6.12. The summed E-state index contributed by atoms with van der Waals surface area (Å²) in [7, 11) is 0. The summed E-state index contributed by atoms with van der Waals surface area (Å²) in [5.74, 6) is 0. The molecule has 2 aromatic rings. The lowest BCUT2D eigenvalue weighted by Gasteiger charge is -2.11. The Hall–Kier alpha value is -0.380. The lowest BCUT2D eigenvalue weighted by molar-refractivity contribution is 0.942. The lowest BCUT2D eigenvalue weighted by atomic mass is 10.1. The van der Waals surface area contributed by atoms with E-state index in [4.69, 9.17) is 11.6 Å². The molecule has 0 aliphatic heterocycles. The monoisotopic (exact) mass is 329 g/mol. The van der Waals surface area contributed by atoms with Crippen LogP contribution in [0.5, 0.6) is 0 Å². The summed E-state index contributed by atoms with van der Waals surface area (Å²) in [6.45, 7) is 2.19. The van der Waals surface area contributed by atoms with Gasteiger partial charge in [0.05, 0.1) is 9.85 Å². The minimum Gasteiger partial charge on any atom is -0.263 e. The highest BCUT2D eigenvalue weighted by Gasteiger charge is 2.15. The summed E-state index contributed by atoms with van der Waals surface area (Å²) >= 11 is 11.7. The third-order valence-corrected chi connectivity index (χ3v) is 5.20. The zero-order valence-electron chi connectivity index (χ0n) is 9.49. The van der Waals surface area contributed by atoms with E-state index in [1.807, 2.05) is 6.07 Å². The summed E-state index contributed by atoms with van der Waals surface area (Å²) in [6, 6.07) is 4.18. The van der Waals surface area contributed by atoms with E-state index in [0.29, 0.717) is 4.83 Å². The molecule has 0 radical (unpaired) electrons. The lowest BCUT2D eigenvalue weighted by Crippen LogP contribution is -1.97. The van der Waals surface area contributed by atoms with Crippen molar-refractivity contribution in [3.05, 3.63) is 50.9 Å². The maximum absolute atomic E-state index is 6.12. The SMILES string of the molecule is CCc1ccsc1C(Br)Cc1ccncc1Cl. The van der Waals surface area contributed by atoms with Crippen molar-refractivity contribution in [2.24, 2.45) is 0 Å². The third kappa shape index (κ3) is 3.09. The van der Waals surface area contributed by atoms with Gasteiger partial charge in [0.15, 0.2) is 0 Å². The van der Waals surface area contributed by atoms with Gasteiger partial charge in [-0.2, -0.15) is 0 Å². The summed E-state index contributed by atoms with van der Waals surface area (Å²) in [4.78, 5) is 5.74. The second-order valence-corrected chi connectivity index (χ2v) is 6.26. The quantitative estimate of drug-likeness (QED) is 0.716. The van der Waals surface area contributed by atoms with Crippen LogP contribution in [0.1, 0.15) is 27.8 Å². The standard InChI is InChI=1S/C13H13BrClNS/c1-2-9-4-6-17-13(9)11(14)7-10-3-5-16-8-12(10)15/h3-6,8,11H,2,7H2,1H3. The molecule has 2 heterocycles. The van der Waals surface area contributed by atoms with Crippen LogP contribution in [0.25, 0.3) is 0 Å². The fourth-order valence-corrected chi connectivity index (χ4v) is 3.91. The third-order valence-electron chi connectivity index (χ3n) is 2.70. The van der Waals surface area contributed by atoms with Gasteiger partial charge in [-0.1, -0.05) is 34.5 Å². The van der Waals surface area contributed by atoms with Crippen molar-refractivity contribution < 1.29 is 0 Å². The van der Waals surface area contributed by atoms with E-state index in [1.54, 1.807) is 23.7 Å². The van der Waals surface area contributed by atoms with Gasteiger partial charge >= 0.3 is 0 Å². The zero-order chi connectivity index (χ0) is 12.3. The molecule has 0 aliphatic carbocycles. The van der Waals surface area contributed by atoms with Gasteiger partial charge in [-0.25, -0.2) is 0 Å². The predicted molar refractivity (Wildman–Crippen MR) is 78.3 cm³/mol. The van der Waals surface area contributed by atoms with Crippen molar-refractivity contribution in [1.29, 1.82) is 0 Å². The number of aryl methyl sites for hydroxylation is 1. The number of hydrogen-bond donors (Lipinski definition) is 0. The Morgan fingerprint density at radius 3 is 2.94 bits per heavy atom. The Labute approximate surface area is 119 Å². The first-order valence-corrected chi connectivity index (χ1v) is 7.68. The average molecular weight is 331 g/mol. The summed E-state index contributed by atoms with van der Waals surface area (Å²) < 4.78 is 0. The van der Waals surface area contributed by atoms with Crippen LogP contribution >= 0.6 is 38.9 Å². The van der Waals surface area contributed by atoms with Crippen LogP contribution in [-0.2, 0) is 12.8 Å². The number of alkyl halides is 1. The first-order chi connectivity index (χ1) is 8.22. The van der Waals surface area contributed by atoms with Crippen LogP contribution in [0.2, 0.25) is 5.02 Å². The molecule has 90 valence electrons. The first-order valence-electron chi connectivity index (χ1n) is 5.51. The van der Waals surface area contributed by atoms with E-state index in [9.17, 15) is 0 Å². The minimum absolute atomic E-state index is 0.331. The number of hydrogen-bond acceptors (Lipinski definition) is 2. The summed E-state index contributed by atoms with van der Waals surface area (Å²) in [5, 5.41) is 2.89. The van der Waals surface area contributed by atoms with Crippen LogP contribution in [0.4, 0.5) is 0 Å². The molecule has 0 fully saturated rings. The number of pyridine rings is 1. The molecule has 0 aliphatic rings. The van der Waals surface area contributed by atoms with Gasteiger partial charge in [-0.15, -0.1) is 11.3 Å². The normalized spacial score (nSPS) is 12.6. The van der Waals surface area contributed by atoms with Gasteiger partial charge in [-0.3, -0.25) is 4.98 Å². The smallest absolute Gasteiger partial charge is 0.0621 e. The molecule has 2 aromatic heterocycles. The van der Waals surface area contributed by atoms with Crippen LogP contribution in [-0.4, -0.2) is 4.98 Å². The Morgan fingerprint density at radius 1 is 1.41 bits per heavy atom. The molecule has 0 N–H and O–H groups in total. The number of thiophene rings is 1. The van der Waals surface area contributed by atoms with E-state index in [0.717, 1.165) is 23.4 Å². The van der Waals surface area contributed by atoms with Crippen molar-refractivity contribution in [3.8, 4) is 0 Å². The molecule has 17 heavy (non-hydrogen) atoms. The second kappa shape index (κ2) is 5.98. The maximum Gasteiger partial charge on any atom is 0.0621 e.